The molecule has 0 radical (unpaired) electrons. The van der Waals surface area contributed by atoms with Crippen LogP contribution in [0, 0.1) is 0 Å². The van der Waals surface area contributed by atoms with Crippen LogP contribution in [0.15, 0.2) is 158 Å². The quantitative estimate of drug-likeness (QED) is 0.148. The Morgan fingerprint density at radius 1 is 0.283 bits per heavy atom. The van der Waals surface area contributed by atoms with Crippen molar-refractivity contribution in [3.05, 3.63) is 158 Å². The fourth-order valence-electron chi connectivity index (χ4n) is 5.82. The summed E-state index contributed by atoms with van der Waals surface area (Å²) >= 11 is 0. The van der Waals surface area contributed by atoms with Crippen LogP contribution in [0.2, 0.25) is 0 Å². The molecular weight excluding hydrogens is 606 g/mol. The average Bonchev–Trinajstić information content (AvgIpc) is 3.11. The van der Waals surface area contributed by atoms with E-state index < -0.39 is 0 Å². The molecule has 8 aromatic rings. The Labute approximate surface area is 270 Å². The summed E-state index contributed by atoms with van der Waals surface area (Å²) in [6.45, 7) is 0. The minimum absolute atomic E-state index is 0.250. The second-order valence-electron chi connectivity index (χ2n) is 10.9. The monoisotopic (exact) mass is 634 g/mol. The number of hydrogen-bond donors (Lipinski definition) is 0. The topological polar surface area (TPSA) is 36.9 Å². The number of rotatable bonds is 9. The van der Waals surface area contributed by atoms with Gasteiger partial charge in [-0.15, -0.1) is 0 Å². The van der Waals surface area contributed by atoms with Gasteiger partial charge in [-0.25, -0.2) is 0 Å². The molecular formula is C40H28O4P2. The third kappa shape index (κ3) is 5.70. The lowest BCUT2D eigenvalue weighted by atomic mass is 9.97. The van der Waals surface area contributed by atoms with E-state index in [4.69, 9.17) is 18.1 Å². The molecule has 0 aliphatic carbocycles. The van der Waals surface area contributed by atoms with Crippen LogP contribution in [-0.2, 0) is 0 Å². The Bertz CT molecular complexity index is 2180. The molecule has 2 unspecified atom stereocenters. The molecule has 0 aromatic heterocycles. The van der Waals surface area contributed by atoms with E-state index in [1.807, 2.05) is 60.7 Å². The first-order valence-electron chi connectivity index (χ1n) is 15.0. The molecule has 4 nitrogen and oxygen atoms in total. The molecule has 46 heavy (non-hydrogen) atoms. The first-order valence-corrected chi connectivity index (χ1v) is 16.6. The van der Waals surface area contributed by atoms with Gasteiger partial charge in [0.05, 0.1) is 0 Å². The lowest BCUT2D eigenvalue weighted by Crippen LogP contribution is -1.93. The van der Waals surface area contributed by atoms with E-state index in [2.05, 4.69) is 97.1 Å². The van der Waals surface area contributed by atoms with Crippen molar-refractivity contribution in [2.24, 2.45) is 0 Å². The largest absolute Gasteiger partial charge is 0.440 e. The summed E-state index contributed by atoms with van der Waals surface area (Å²) in [5, 5.41) is 8.74. The van der Waals surface area contributed by atoms with Crippen LogP contribution in [-0.4, -0.2) is 0 Å². The summed E-state index contributed by atoms with van der Waals surface area (Å²) in [6.07, 6.45) is 0. The van der Waals surface area contributed by atoms with E-state index in [9.17, 15) is 0 Å². The maximum Gasteiger partial charge on any atom is 0.275 e. The maximum absolute atomic E-state index is 6.46. The average molecular weight is 635 g/mol. The summed E-state index contributed by atoms with van der Waals surface area (Å²) in [5.41, 5.74) is 1.84. The fourth-order valence-corrected chi connectivity index (χ4v) is 6.96. The van der Waals surface area contributed by atoms with Crippen LogP contribution < -0.4 is 18.1 Å². The second kappa shape index (κ2) is 12.7. The molecule has 0 spiro atoms. The summed E-state index contributed by atoms with van der Waals surface area (Å²) in [7, 11) is -0.501. The molecule has 0 saturated carbocycles. The van der Waals surface area contributed by atoms with Gasteiger partial charge in [0.2, 0.25) is 0 Å². The van der Waals surface area contributed by atoms with Crippen molar-refractivity contribution in [3.63, 3.8) is 0 Å². The van der Waals surface area contributed by atoms with Gasteiger partial charge in [0.1, 0.15) is 23.0 Å². The molecule has 0 N–H and O–H groups in total. The molecule has 0 aliphatic heterocycles. The molecule has 0 aliphatic rings. The van der Waals surface area contributed by atoms with Gasteiger partial charge in [0.25, 0.3) is 18.1 Å². The van der Waals surface area contributed by atoms with Gasteiger partial charge in [-0.3, -0.25) is 0 Å². The number of benzene rings is 8. The van der Waals surface area contributed by atoms with Crippen molar-refractivity contribution in [1.82, 2.24) is 0 Å². The predicted octanol–water partition coefficient (Wildman–Crippen LogP) is 11.9. The molecule has 8 aromatic carbocycles. The molecule has 0 heterocycles. The third-order valence-electron chi connectivity index (χ3n) is 8.09. The summed E-state index contributed by atoms with van der Waals surface area (Å²) in [5.74, 6) is 3.02. The molecule has 2 atom stereocenters. The zero-order chi connectivity index (χ0) is 30.7. The first-order chi connectivity index (χ1) is 22.8. The van der Waals surface area contributed by atoms with Crippen LogP contribution in [0.25, 0.3) is 54.2 Å². The lowest BCUT2D eigenvalue weighted by molar-refractivity contribution is 0.516. The van der Waals surface area contributed by atoms with Gasteiger partial charge in [0.15, 0.2) is 0 Å². The van der Waals surface area contributed by atoms with Gasteiger partial charge in [0, 0.05) is 21.9 Å². The van der Waals surface area contributed by atoms with E-state index in [1.165, 1.54) is 0 Å². The van der Waals surface area contributed by atoms with Gasteiger partial charge in [-0.05, 0) is 68.7 Å². The molecule has 0 bridgehead atoms. The zero-order valence-corrected chi connectivity index (χ0v) is 26.6. The normalized spacial score (nSPS) is 11.7. The Balaban J connectivity index is 1.15. The van der Waals surface area contributed by atoms with Crippen molar-refractivity contribution in [2.75, 3.05) is 0 Å². The Kier molecular flexibility index (Phi) is 7.82. The molecule has 0 saturated heterocycles. The molecule has 222 valence electrons. The second-order valence-corrected chi connectivity index (χ2v) is 12.1. The first kappa shape index (κ1) is 28.3. The van der Waals surface area contributed by atoms with Crippen LogP contribution in [0.3, 0.4) is 0 Å². The smallest absolute Gasteiger partial charge is 0.275 e. The summed E-state index contributed by atoms with van der Waals surface area (Å²) in [6, 6.07) is 53.6. The van der Waals surface area contributed by atoms with E-state index in [0.717, 1.165) is 77.2 Å². The van der Waals surface area contributed by atoms with Crippen LogP contribution in [0.4, 0.5) is 0 Å². The Morgan fingerprint density at radius 2 is 0.609 bits per heavy atom. The van der Waals surface area contributed by atoms with Gasteiger partial charge >= 0.3 is 0 Å². The molecule has 0 amide bonds. The SMILES string of the molecule is c1ccc2cc(-c3cc4ccccc4cc3OPOc3cccc4ccccc34)c(OPOc3cccc4ccccc34)cc2c1. The van der Waals surface area contributed by atoms with Crippen LogP contribution in [0.5, 0.6) is 23.0 Å². The molecule has 6 heteroatoms. The summed E-state index contributed by atoms with van der Waals surface area (Å²) < 4.78 is 25.4. The van der Waals surface area contributed by atoms with Crippen molar-refractivity contribution < 1.29 is 18.1 Å². The van der Waals surface area contributed by atoms with Crippen molar-refractivity contribution >= 4 is 61.2 Å². The summed E-state index contributed by atoms with van der Waals surface area (Å²) in [4.78, 5) is 0. The molecule has 0 fully saturated rings. The van der Waals surface area contributed by atoms with Crippen LogP contribution >= 0.6 is 18.1 Å². The highest BCUT2D eigenvalue weighted by Crippen LogP contribution is 2.45. The van der Waals surface area contributed by atoms with Crippen molar-refractivity contribution in [3.8, 4) is 34.1 Å². The lowest BCUT2D eigenvalue weighted by Gasteiger charge is -2.18. The van der Waals surface area contributed by atoms with E-state index in [-0.39, 0.29) is 18.1 Å². The van der Waals surface area contributed by atoms with Gasteiger partial charge in [-0.1, -0.05) is 121 Å². The van der Waals surface area contributed by atoms with Crippen molar-refractivity contribution in [2.45, 2.75) is 0 Å². The third-order valence-corrected chi connectivity index (χ3v) is 9.30. The standard InChI is InChI=1S/C40H28O4P2/c1-3-15-31-25-39(43-45-41-37-21-9-17-27-11-5-7-19-33(27)37)35(23-29(31)13-1)36-24-30-14-2-4-16-32(30)26-40(36)44-46-42-38-22-10-18-28-12-6-8-20-34(28)38/h1-26,45-46H. The Hall–Kier alpha value is -5.14. The minimum Gasteiger partial charge on any atom is -0.440 e. The fraction of sp³-hybridized carbons (Fsp3) is 0. The number of fused-ring (bicyclic) bond motifs is 4. The van der Waals surface area contributed by atoms with Gasteiger partial charge in [-0.2, -0.15) is 0 Å². The maximum atomic E-state index is 6.46. The van der Waals surface area contributed by atoms with Crippen molar-refractivity contribution in [1.29, 1.82) is 0 Å². The van der Waals surface area contributed by atoms with E-state index in [0.29, 0.717) is 0 Å². The molecule has 8 rings (SSSR count). The van der Waals surface area contributed by atoms with Gasteiger partial charge < -0.3 is 18.1 Å². The zero-order valence-electron chi connectivity index (χ0n) is 24.6. The minimum atomic E-state index is -0.250. The number of hydrogen-bond acceptors (Lipinski definition) is 4. The van der Waals surface area contributed by atoms with E-state index in [1.54, 1.807) is 0 Å². The van der Waals surface area contributed by atoms with Crippen LogP contribution in [0.1, 0.15) is 0 Å². The Morgan fingerprint density at radius 3 is 1.04 bits per heavy atom. The highest BCUT2D eigenvalue weighted by atomic mass is 31.1. The highest BCUT2D eigenvalue weighted by molar-refractivity contribution is 7.27. The highest BCUT2D eigenvalue weighted by Gasteiger charge is 2.17. The predicted molar refractivity (Wildman–Crippen MR) is 194 cm³/mol. The van der Waals surface area contributed by atoms with E-state index >= 15 is 0 Å².